The van der Waals surface area contributed by atoms with Crippen molar-refractivity contribution in [2.45, 2.75) is 67.2 Å². The Morgan fingerprint density at radius 2 is 1.59 bits per heavy atom. The number of hydrogen-bond acceptors (Lipinski definition) is 1. The van der Waals surface area contributed by atoms with Gasteiger partial charge in [-0.25, -0.2) is 0 Å². The highest BCUT2D eigenvalue weighted by atomic mass is 15.1. The number of piperidine rings is 1. The van der Waals surface area contributed by atoms with E-state index in [1.54, 1.807) is 0 Å². The summed E-state index contributed by atoms with van der Waals surface area (Å²) in [7, 11) is 0. The zero-order chi connectivity index (χ0) is 13.3. The van der Waals surface area contributed by atoms with Crippen molar-refractivity contribution in [2.24, 2.45) is 17.8 Å². The monoisotopic (exact) mass is 241 g/mol. The van der Waals surface area contributed by atoms with Gasteiger partial charge in [-0.05, 0) is 56.7 Å². The Bertz CT molecular complexity index is 157. The van der Waals surface area contributed by atoms with Crippen LogP contribution in [-0.4, -0.2) is 24.5 Å². The van der Waals surface area contributed by atoms with Gasteiger partial charge in [-0.3, -0.25) is 0 Å². The molecule has 0 aromatic heterocycles. The molecule has 1 fully saturated rings. The van der Waals surface area contributed by atoms with Crippen molar-refractivity contribution in [2.75, 3.05) is 19.6 Å². The maximum Gasteiger partial charge on any atom is -0.00160 e. The molecule has 0 radical (unpaired) electrons. The van der Waals surface area contributed by atoms with Crippen LogP contribution in [0.3, 0.4) is 0 Å². The minimum Gasteiger partial charge on any atom is -0.303 e. The minimum absolute atomic E-state index is 0.890. The summed E-state index contributed by atoms with van der Waals surface area (Å²) in [5.74, 6) is 2.79. The Hall–Kier alpha value is -0.0400. The van der Waals surface area contributed by atoms with Gasteiger partial charge in [0.2, 0.25) is 0 Å². The van der Waals surface area contributed by atoms with Gasteiger partial charge in [-0.2, -0.15) is 0 Å². The Labute approximate surface area is 110 Å². The predicted molar refractivity (Wildman–Crippen MR) is 79.4 cm³/mol. The Balaban J connectivity index is 0.00000121. The van der Waals surface area contributed by atoms with Crippen molar-refractivity contribution in [3.05, 3.63) is 0 Å². The highest BCUT2D eigenvalue weighted by Gasteiger charge is 2.21. The van der Waals surface area contributed by atoms with E-state index in [4.69, 9.17) is 0 Å². The molecule has 0 aromatic carbocycles. The molecule has 0 N–H and O–H groups in total. The van der Waals surface area contributed by atoms with E-state index >= 15 is 0 Å². The predicted octanol–water partition coefficient (Wildman–Crippen LogP) is 4.82. The largest absolute Gasteiger partial charge is 0.303 e. The van der Waals surface area contributed by atoms with Crippen LogP contribution >= 0.6 is 0 Å². The molecule has 1 nitrogen and oxygen atoms in total. The molecule has 0 bridgehead atoms. The summed E-state index contributed by atoms with van der Waals surface area (Å²) in [4.78, 5) is 2.67. The Morgan fingerprint density at radius 1 is 1.06 bits per heavy atom. The van der Waals surface area contributed by atoms with Gasteiger partial charge in [0.25, 0.3) is 0 Å². The van der Waals surface area contributed by atoms with Gasteiger partial charge in [0.1, 0.15) is 0 Å². The van der Waals surface area contributed by atoms with Gasteiger partial charge in [-0.15, -0.1) is 0 Å². The first-order chi connectivity index (χ1) is 8.13. The number of rotatable bonds is 5. The van der Waals surface area contributed by atoms with E-state index in [1.807, 2.05) is 13.8 Å². The van der Waals surface area contributed by atoms with Crippen molar-refractivity contribution in [1.82, 2.24) is 4.90 Å². The van der Waals surface area contributed by atoms with Crippen LogP contribution in [0.15, 0.2) is 0 Å². The van der Waals surface area contributed by atoms with Crippen LogP contribution in [0.1, 0.15) is 67.2 Å². The standard InChI is InChI=1S/C14H29N.C2H6/c1-5-13(4)6-9-15-10-7-14(8-11-15)12(2)3;1-2/h12-14H,5-11H2,1-4H3;1-2H3. The van der Waals surface area contributed by atoms with Crippen molar-refractivity contribution in [3.8, 4) is 0 Å². The molecular weight excluding hydrogens is 206 g/mol. The summed E-state index contributed by atoms with van der Waals surface area (Å²) in [6.07, 6.45) is 5.58. The van der Waals surface area contributed by atoms with Crippen LogP contribution in [0.4, 0.5) is 0 Å². The Morgan fingerprint density at radius 3 is 2.00 bits per heavy atom. The fourth-order valence-electron chi connectivity index (χ4n) is 2.45. The molecule has 0 saturated carbocycles. The third-order valence-corrected chi connectivity index (χ3v) is 4.21. The van der Waals surface area contributed by atoms with Gasteiger partial charge in [0.15, 0.2) is 0 Å². The summed E-state index contributed by atoms with van der Waals surface area (Å²) in [5, 5.41) is 0. The first kappa shape index (κ1) is 17.0. The zero-order valence-electron chi connectivity index (χ0n) is 13.1. The average Bonchev–Trinajstić information content (AvgIpc) is 2.38. The highest BCUT2D eigenvalue weighted by Crippen LogP contribution is 2.24. The van der Waals surface area contributed by atoms with E-state index in [0.717, 1.165) is 17.8 Å². The van der Waals surface area contributed by atoms with Gasteiger partial charge < -0.3 is 4.90 Å². The van der Waals surface area contributed by atoms with Crippen molar-refractivity contribution in [3.63, 3.8) is 0 Å². The van der Waals surface area contributed by atoms with E-state index in [0.29, 0.717) is 0 Å². The Kier molecular flexibility index (Phi) is 9.91. The lowest BCUT2D eigenvalue weighted by Gasteiger charge is -2.34. The maximum atomic E-state index is 2.67. The molecular formula is C16H35N. The quantitative estimate of drug-likeness (QED) is 0.667. The number of hydrogen-bond donors (Lipinski definition) is 0. The third kappa shape index (κ3) is 7.08. The van der Waals surface area contributed by atoms with E-state index in [-0.39, 0.29) is 0 Å². The van der Waals surface area contributed by atoms with Crippen LogP contribution in [0.5, 0.6) is 0 Å². The molecule has 0 aromatic rings. The van der Waals surface area contributed by atoms with E-state index in [9.17, 15) is 0 Å². The van der Waals surface area contributed by atoms with Gasteiger partial charge in [0.05, 0.1) is 0 Å². The molecule has 0 aliphatic carbocycles. The first-order valence-corrected chi connectivity index (χ1v) is 7.85. The maximum absolute atomic E-state index is 2.67. The van der Waals surface area contributed by atoms with E-state index < -0.39 is 0 Å². The fraction of sp³-hybridized carbons (Fsp3) is 1.00. The number of nitrogens with zero attached hydrogens (tertiary/aromatic N) is 1. The summed E-state index contributed by atoms with van der Waals surface area (Å²) < 4.78 is 0. The van der Waals surface area contributed by atoms with Gasteiger partial charge in [-0.1, -0.05) is 48.0 Å². The molecule has 17 heavy (non-hydrogen) atoms. The van der Waals surface area contributed by atoms with E-state index in [2.05, 4.69) is 32.6 Å². The van der Waals surface area contributed by atoms with Crippen LogP contribution in [0, 0.1) is 17.8 Å². The molecule has 0 spiro atoms. The summed E-state index contributed by atoms with van der Waals surface area (Å²) in [6.45, 7) is 17.5. The van der Waals surface area contributed by atoms with Gasteiger partial charge in [0, 0.05) is 0 Å². The first-order valence-electron chi connectivity index (χ1n) is 7.85. The SMILES string of the molecule is CC.CCC(C)CCN1CCC(C(C)C)CC1. The van der Waals surface area contributed by atoms with Gasteiger partial charge >= 0.3 is 0 Å². The smallest absolute Gasteiger partial charge is 0.00160 e. The molecule has 1 rings (SSSR count). The van der Waals surface area contributed by atoms with Crippen LogP contribution in [-0.2, 0) is 0 Å². The van der Waals surface area contributed by atoms with E-state index in [1.165, 1.54) is 45.3 Å². The van der Waals surface area contributed by atoms with Crippen molar-refractivity contribution < 1.29 is 0 Å². The third-order valence-electron chi connectivity index (χ3n) is 4.21. The molecule has 1 heteroatoms. The molecule has 104 valence electrons. The molecule has 1 heterocycles. The molecule has 1 saturated heterocycles. The molecule has 1 aliphatic rings. The molecule has 0 amide bonds. The number of likely N-dealkylation sites (tertiary alicyclic amines) is 1. The summed E-state index contributed by atoms with van der Waals surface area (Å²) in [6, 6.07) is 0. The van der Waals surface area contributed by atoms with Crippen molar-refractivity contribution >= 4 is 0 Å². The zero-order valence-corrected chi connectivity index (χ0v) is 13.1. The second kappa shape index (κ2) is 9.94. The lowest BCUT2D eigenvalue weighted by molar-refractivity contribution is 0.151. The lowest BCUT2D eigenvalue weighted by atomic mass is 9.86. The summed E-state index contributed by atoms with van der Waals surface area (Å²) in [5.41, 5.74) is 0. The van der Waals surface area contributed by atoms with Crippen molar-refractivity contribution in [1.29, 1.82) is 0 Å². The normalized spacial score (nSPS) is 19.9. The average molecular weight is 241 g/mol. The molecule has 1 aliphatic heterocycles. The molecule has 1 unspecified atom stereocenters. The second-order valence-electron chi connectivity index (χ2n) is 5.73. The molecule has 1 atom stereocenters. The van der Waals surface area contributed by atoms with Crippen LogP contribution in [0.25, 0.3) is 0 Å². The second-order valence-corrected chi connectivity index (χ2v) is 5.73. The fourth-order valence-corrected chi connectivity index (χ4v) is 2.45. The topological polar surface area (TPSA) is 3.24 Å². The minimum atomic E-state index is 0.890. The highest BCUT2D eigenvalue weighted by molar-refractivity contribution is 4.74. The van der Waals surface area contributed by atoms with Crippen LogP contribution < -0.4 is 0 Å². The van der Waals surface area contributed by atoms with Crippen LogP contribution in [0.2, 0.25) is 0 Å². The summed E-state index contributed by atoms with van der Waals surface area (Å²) >= 11 is 0. The lowest BCUT2D eigenvalue weighted by Crippen LogP contribution is -2.36.